The van der Waals surface area contributed by atoms with Crippen LogP contribution in [0.3, 0.4) is 0 Å². The molecule has 6 heteroatoms. The maximum absolute atomic E-state index is 12.5. The van der Waals surface area contributed by atoms with Crippen LogP contribution in [0.1, 0.15) is 19.4 Å². The van der Waals surface area contributed by atoms with E-state index in [1.165, 1.54) is 6.07 Å². The van der Waals surface area contributed by atoms with E-state index in [1.54, 1.807) is 18.3 Å². The van der Waals surface area contributed by atoms with Gasteiger partial charge in [-0.1, -0.05) is 19.1 Å². The molecule has 0 spiro atoms. The number of aryl methyl sites for hydroxylation is 1. The molecule has 0 bridgehead atoms. The van der Waals surface area contributed by atoms with Gasteiger partial charge in [0.05, 0.1) is 0 Å². The molecule has 0 saturated heterocycles. The second-order valence-electron chi connectivity index (χ2n) is 4.54. The number of nitrogens with zero attached hydrogens (tertiary/aromatic N) is 1. The Morgan fingerprint density at radius 1 is 1.14 bits per heavy atom. The first-order chi connectivity index (χ1) is 10.1. The number of benzene rings is 1. The normalized spacial score (nSPS) is 11.1. The molecule has 0 aliphatic heterocycles. The van der Waals surface area contributed by atoms with Gasteiger partial charge in [0.25, 0.3) is 10.0 Å². The molecule has 2 aromatic rings. The van der Waals surface area contributed by atoms with E-state index in [2.05, 4.69) is 15.0 Å². The van der Waals surface area contributed by atoms with Gasteiger partial charge in [-0.25, -0.2) is 13.4 Å². The van der Waals surface area contributed by atoms with E-state index in [-0.39, 0.29) is 4.90 Å². The van der Waals surface area contributed by atoms with Gasteiger partial charge in [0.1, 0.15) is 10.7 Å². The molecule has 5 nitrogen and oxygen atoms in total. The predicted octanol–water partition coefficient (Wildman–Crippen LogP) is 2.88. The molecule has 0 aliphatic rings. The van der Waals surface area contributed by atoms with Crippen LogP contribution in [0.5, 0.6) is 0 Å². The summed E-state index contributed by atoms with van der Waals surface area (Å²) in [6, 6.07) is 10.5. The molecule has 2 rings (SSSR count). The van der Waals surface area contributed by atoms with Crippen molar-refractivity contribution in [1.29, 1.82) is 0 Å². The fourth-order valence-electron chi connectivity index (χ4n) is 1.97. The Balaban J connectivity index is 2.34. The van der Waals surface area contributed by atoms with Crippen molar-refractivity contribution in [3.63, 3.8) is 0 Å². The van der Waals surface area contributed by atoms with E-state index in [9.17, 15) is 8.42 Å². The van der Waals surface area contributed by atoms with Crippen LogP contribution in [0.2, 0.25) is 0 Å². The number of anilines is 2. The highest BCUT2D eigenvalue weighted by atomic mass is 32.2. The number of sulfonamides is 1. The van der Waals surface area contributed by atoms with Crippen LogP contribution >= 0.6 is 0 Å². The third-order valence-electron chi connectivity index (χ3n) is 2.99. The van der Waals surface area contributed by atoms with E-state index in [0.29, 0.717) is 18.1 Å². The average molecular weight is 305 g/mol. The summed E-state index contributed by atoms with van der Waals surface area (Å²) >= 11 is 0. The second kappa shape index (κ2) is 6.58. The van der Waals surface area contributed by atoms with Crippen molar-refractivity contribution in [3.8, 4) is 0 Å². The minimum Gasteiger partial charge on any atom is -0.369 e. The molecule has 1 aromatic heterocycles. The Hall–Kier alpha value is -2.08. The van der Waals surface area contributed by atoms with Crippen LogP contribution in [0.15, 0.2) is 47.5 Å². The summed E-state index contributed by atoms with van der Waals surface area (Å²) in [5.41, 5.74) is 1.63. The van der Waals surface area contributed by atoms with Gasteiger partial charge in [-0.3, -0.25) is 4.72 Å². The van der Waals surface area contributed by atoms with Gasteiger partial charge in [-0.2, -0.15) is 0 Å². The predicted molar refractivity (Wildman–Crippen MR) is 85.0 cm³/mol. The van der Waals surface area contributed by atoms with Crippen molar-refractivity contribution in [2.45, 2.75) is 25.2 Å². The van der Waals surface area contributed by atoms with Crippen molar-refractivity contribution in [1.82, 2.24) is 4.98 Å². The zero-order chi connectivity index (χ0) is 15.3. The highest BCUT2D eigenvalue weighted by molar-refractivity contribution is 7.92. The van der Waals surface area contributed by atoms with Crippen LogP contribution < -0.4 is 10.0 Å². The van der Waals surface area contributed by atoms with Gasteiger partial charge in [-0.05, 0) is 43.2 Å². The topological polar surface area (TPSA) is 71.1 Å². The summed E-state index contributed by atoms with van der Waals surface area (Å²) in [7, 11) is -3.67. The van der Waals surface area contributed by atoms with Crippen molar-refractivity contribution in [2.75, 3.05) is 16.6 Å². The summed E-state index contributed by atoms with van der Waals surface area (Å²) in [6.07, 6.45) is 2.42. The lowest BCUT2D eigenvalue weighted by Gasteiger charge is -2.12. The molecule has 112 valence electrons. The smallest absolute Gasteiger partial charge is 0.265 e. The highest BCUT2D eigenvalue weighted by Gasteiger charge is 2.19. The molecule has 21 heavy (non-hydrogen) atoms. The molecule has 1 heterocycles. The third-order valence-corrected chi connectivity index (χ3v) is 4.40. The van der Waals surface area contributed by atoms with E-state index in [1.807, 2.05) is 32.0 Å². The standard InChI is InChI=1S/C15H19N3O2S/c1-3-12-7-5-8-13(11-12)18-21(19,20)14-9-6-10-17-15(14)16-4-2/h5-11,18H,3-4H2,1-2H3,(H,16,17). The Bertz CT molecular complexity index is 714. The second-order valence-corrected chi connectivity index (χ2v) is 6.19. The van der Waals surface area contributed by atoms with Crippen molar-refractivity contribution >= 4 is 21.5 Å². The van der Waals surface area contributed by atoms with Crippen molar-refractivity contribution in [3.05, 3.63) is 48.2 Å². The molecule has 0 saturated carbocycles. The largest absolute Gasteiger partial charge is 0.369 e. The average Bonchev–Trinajstić information content (AvgIpc) is 2.48. The van der Waals surface area contributed by atoms with Gasteiger partial charge in [-0.15, -0.1) is 0 Å². The first-order valence-electron chi connectivity index (χ1n) is 6.87. The molecular formula is C15H19N3O2S. The summed E-state index contributed by atoms with van der Waals surface area (Å²) < 4.78 is 27.6. The first kappa shape index (κ1) is 15.3. The van der Waals surface area contributed by atoms with Crippen LogP contribution in [-0.2, 0) is 16.4 Å². The van der Waals surface area contributed by atoms with Gasteiger partial charge in [0.2, 0.25) is 0 Å². The lowest BCUT2D eigenvalue weighted by atomic mass is 10.1. The SMILES string of the molecule is CCNc1ncccc1S(=O)(=O)Nc1cccc(CC)c1. The van der Waals surface area contributed by atoms with Crippen molar-refractivity contribution in [2.24, 2.45) is 0 Å². The lowest BCUT2D eigenvalue weighted by molar-refractivity contribution is 0.601. The van der Waals surface area contributed by atoms with Crippen LogP contribution in [0.25, 0.3) is 0 Å². The van der Waals surface area contributed by atoms with Crippen LogP contribution in [-0.4, -0.2) is 19.9 Å². The van der Waals surface area contributed by atoms with Gasteiger partial charge < -0.3 is 5.32 Å². The first-order valence-corrected chi connectivity index (χ1v) is 8.35. The van der Waals surface area contributed by atoms with Gasteiger partial charge >= 0.3 is 0 Å². The van der Waals surface area contributed by atoms with E-state index < -0.39 is 10.0 Å². The Morgan fingerprint density at radius 3 is 2.67 bits per heavy atom. The van der Waals surface area contributed by atoms with E-state index in [0.717, 1.165) is 12.0 Å². The zero-order valence-corrected chi connectivity index (χ0v) is 12.9. The quantitative estimate of drug-likeness (QED) is 0.861. The van der Waals surface area contributed by atoms with Crippen molar-refractivity contribution < 1.29 is 8.42 Å². The van der Waals surface area contributed by atoms with Gasteiger partial charge in [0, 0.05) is 18.4 Å². The molecule has 0 radical (unpaired) electrons. The molecule has 2 N–H and O–H groups in total. The maximum atomic E-state index is 12.5. The summed E-state index contributed by atoms with van der Waals surface area (Å²) in [6.45, 7) is 4.52. The molecule has 0 aliphatic carbocycles. The Kier molecular flexibility index (Phi) is 4.80. The van der Waals surface area contributed by atoms with Gasteiger partial charge in [0.15, 0.2) is 0 Å². The number of nitrogens with one attached hydrogen (secondary N) is 2. The molecule has 0 atom stereocenters. The lowest BCUT2D eigenvalue weighted by Crippen LogP contribution is -2.16. The van der Waals surface area contributed by atoms with Crippen LogP contribution in [0, 0.1) is 0 Å². The molecule has 0 fully saturated rings. The fraction of sp³-hybridized carbons (Fsp3) is 0.267. The molecule has 0 unspecified atom stereocenters. The van der Waals surface area contributed by atoms with E-state index >= 15 is 0 Å². The monoisotopic (exact) mass is 305 g/mol. The summed E-state index contributed by atoms with van der Waals surface area (Å²) in [5, 5.41) is 2.96. The molecule has 1 aromatic carbocycles. The highest BCUT2D eigenvalue weighted by Crippen LogP contribution is 2.22. The zero-order valence-electron chi connectivity index (χ0n) is 12.1. The maximum Gasteiger partial charge on any atom is 0.265 e. The number of pyridine rings is 1. The Labute approximate surface area is 125 Å². The summed E-state index contributed by atoms with van der Waals surface area (Å²) in [5.74, 6) is 0.360. The number of aromatic nitrogens is 1. The summed E-state index contributed by atoms with van der Waals surface area (Å²) in [4.78, 5) is 4.23. The van der Waals surface area contributed by atoms with Crippen LogP contribution in [0.4, 0.5) is 11.5 Å². The number of rotatable bonds is 6. The van der Waals surface area contributed by atoms with E-state index in [4.69, 9.17) is 0 Å². The Morgan fingerprint density at radius 2 is 1.95 bits per heavy atom. The number of hydrogen-bond donors (Lipinski definition) is 2. The molecular weight excluding hydrogens is 286 g/mol. The minimum absolute atomic E-state index is 0.147. The minimum atomic E-state index is -3.67. The number of hydrogen-bond acceptors (Lipinski definition) is 4. The fourth-order valence-corrected chi connectivity index (χ4v) is 3.16. The molecule has 0 amide bonds. The third kappa shape index (κ3) is 3.72.